The number of non-ortho nitro benzene ring substituents is 1. The number of benzene rings is 2. The topological polar surface area (TPSA) is 98.5 Å². The number of nitro benzene ring substituents is 1. The quantitative estimate of drug-likeness (QED) is 0.330. The van der Waals surface area contributed by atoms with Crippen LogP contribution in [0.4, 0.5) is 5.69 Å². The Morgan fingerprint density at radius 1 is 1.15 bits per heavy atom. The Balaban J connectivity index is 1.71. The third-order valence-corrected chi connectivity index (χ3v) is 3.83. The number of ether oxygens (including phenoxy) is 1. The van der Waals surface area contributed by atoms with Crippen LogP contribution in [0, 0.1) is 10.1 Å². The van der Waals surface area contributed by atoms with Crippen molar-refractivity contribution in [3.63, 3.8) is 0 Å². The molecule has 1 N–H and O–H groups in total. The van der Waals surface area contributed by atoms with Gasteiger partial charge in [-0.2, -0.15) is 0 Å². The van der Waals surface area contributed by atoms with E-state index >= 15 is 0 Å². The van der Waals surface area contributed by atoms with Crippen LogP contribution in [0.1, 0.15) is 22.3 Å². The number of nitro groups is 1. The monoisotopic (exact) mass is 376 g/mol. The predicted octanol–water partition coefficient (Wildman–Crippen LogP) is 3.15. The van der Waals surface area contributed by atoms with Crippen molar-refractivity contribution in [3.05, 3.63) is 74.8 Å². The molecule has 2 rings (SSSR count). The normalized spacial score (nSPS) is 10.2. The summed E-state index contributed by atoms with van der Waals surface area (Å²) < 4.78 is 5.05. The van der Waals surface area contributed by atoms with Crippen LogP contribution in [0.25, 0.3) is 0 Å². The molecule has 0 saturated heterocycles. The summed E-state index contributed by atoms with van der Waals surface area (Å²) in [7, 11) is 0. The Labute approximate surface area is 155 Å². The summed E-state index contributed by atoms with van der Waals surface area (Å²) in [6.07, 6.45) is 0.844. The van der Waals surface area contributed by atoms with Crippen LogP contribution < -0.4 is 5.32 Å². The zero-order valence-electron chi connectivity index (χ0n) is 13.8. The molecule has 0 aliphatic carbocycles. The van der Waals surface area contributed by atoms with Crippen molar-refractivity contribution in [1.29, 1.82) is 0 Å². The fourth-order valence-corrected chi connectivity index (χ4v) is 2.45. The Hall–Kier alpha value is -2.93. The molecular formula is C18H17ClN2O5. The van der Waals surface area contributed by atoms with E-state index in [4.69, 9.17) is 16.3 Å². The van der Waals surface area contributed by atoms with Gasteiger partial charge in [0.2, 0.25) is 0 Å². The highest BCUT2D eigenvalue weighted by Gasteiger charge is 2.14. The molecular weight excluding hydrogens is 360 g/mol. The van der Waals surface area contributed by atoms with E-state index in [1.54, 1.807) is 0 Å². The van der Waals surface area contributed by atoms with Crippen molar-refractivity contribution in [2.24, 2.45) is 0 Å². The molecule has 7 nitrogen and oxygen atoms in total. The van der Waals surface area contributed by atoms with E-state index in [0.717, 1.165) is 11.6 Å². The van der Waals surface area contributed by atoms with Gasteiger partial charge in [0.05, 0.1) is 22.1 Å². The smallest absolute Gasteiger partial charge is 0.306 e. The van der Waals surface area contributed by atoms with Gasteiger partial charge in [0.1, 0.15) is 6.61 Å². The van der Waals surface area contributed by atoms with Gasteiger partial charge in [-0.05, 0) is 18.1 Å². The van der Waals surface area contributed by atoms with E-state index in [9.17, 15) is 19.7 Å². The average molecular weight is 377 g/mol. The molecule has 0 aliphatic rings. The van der Waals surface area contributed by atoms with Crippen molar-refractivity contribution < 1.29 is 19.2 Å². The first-order valence-corrected chi connectivity index (χ1v) is 8.27. The number of esters is 1. The highest BCUT2D eigenvalue weighted by Crippen LogP contribution is 2.22. The van der Waals surface area contributed by atoms with Crippen LogP contribution in [-0.4, -0.2) is 30.0 Å². The lowest BCUT2D eigenvalue weighted by Crippen LogP contribution is -2.28. The molecule has 26 heavy (non-hydrogen) atoms. The summed E-state index contributed by atoms with van der Waals surface area (Å²) in [5.74, 6) is -0.846. The van der Waals surface area contributed by atoms with Crippen LogP contribution in [-0.2, 0) is 16.0 Å². The second-order valence-corrected chi connectivity index (χ2v) is 5.79. The van der Waals surface area contributed by atoms with Gasteiger partial charge in [0.25, 0.3) is 11.6 Å². The van der Waals surface area contributed by atoms with E-state index < -0.39 is 10.8 Å². The molecule has 0 unspecified atom stereocenters. The van der Waals surface area contributed by atoms with Crippen molar-refractivity contribution in [2.75, 3.05) is 13.2 Å². The average Bonchev–Trinajstić information content (AvgIpc) is 2.64. The minimum atomic E-state index is -0.595. The highest BCUT2D eigenvalue weighted by molar-refractivity contribution is 6.34. The number of nitrogens with one attached hydrogen (secondary N) is 1. The third-order valence-electron chi connectivity index (χ3n) is 3.52. The summed E-state index contributed by atoms with van der Waals surface area (Å²) in [5.41, 5.74) is 0.970. The molecule has 0 heterocycles. The number of halogens is 1. The molecule has 1 amide bonds. The fourth-order valence-electron chi connectivity index (χ4n) is 2.19. The molecule has 8 heteroatoms. The zero-order valence-corrected chi connectivity index (χ0v) is 14.6. The minimum Gasteiger partial charge on any atom is -0.464 e. The van der Waals surface area contributed by atoms with E-state index in [-0.39, 0.29) is 41.8 Å². The van der Waals surface area contributed by atoms with E-state index in [0.29, 0.717) is 6.42 Å². The number of carbonyl (C=O) groups excluding carboxylic acids is 2. The summed E-state index contributed by atoms with van der Waals surface area (Å²) >= 11 is 5.88. The van der Waals surface area contributed by atoms with Gasteiger partial charge in [-0.15, -0.1) is 0 Å². The van der Waals surface area contributed by atoms with Gasteiger partial charge in [0, 0.05) is 18.6 Å². The Morgan fingerprint density at radius 2 is 1.88 bits per heavy atom. The van der Waals surface area contributed by atoms with Gasteiger partial charge in [-0.3, -0.25) is 19.7 Å². The number of rotatable bonds is 8. The zero-order chi connectivity index (χ0) is 18.9. The molecule has 0 aliphatic heterocycles. The van der Waals surface area contributed by atoms with Crippen LogP contribution in [0.2, 0.25) is 5.02 Å². The third kappa shape index (κ3) is 5.86. The summed E-state index contributed by atoms with van der Waals surface area (Å²) in [6.45, 7) is 0.146. The predicted molar refractivity (Wildman–Crippen MR) is 96.2 cm³/mol. The SMILES string of the molecule is O=C(CCc1ccccc1)OCCNC(=O)c1ccc([N+](=O)[O-])cc1Cl. The summed E-state index contributed by atoms with van der Waals surface area (Å²) in [6, 6.07) is 13.2. The molecule has 0 radical (unpaired) electrons. The fraction of sp³-hybridized carbons (Fsp3) is 0.222. The molecule has 0 aromatic heterocycles. The number of amides is 1. The van der Waals surface area contributed by atoms with Gasteiger partial charge in [0.15, 0.2) is 0 Å². The van der Waals surface area contributed by atoms with E-state index in [2.05, 4.69) is 5.32 Å². The molecule has 2 aromatic rings. The lowest BCUT2D eigenvalue weighted by molar-refractivity contribution is -0.384. The Morgan fingerprint density at radius 3 is 2.54 bits per heavy atom. The van der Waals surface area contributed by atoms with E-state index in [1.165, 1.54) is 12.1 Å². The molecule has 0 fully saturated rings. The molecule has 0 spiro atoms. The molecule has 0 atom stereocenters. The van der Waals surface area contributed by atoms with Crippen molar-refractivity contribution in [1.82, 2.24) is 5.32 Å². The van der Waals surface area contributed by atoms with Crippen molar-refractivity contribution in [2.45, 2.75) is 12.8 Å². The second-order valence-electron chi connectivity index (χ2n) is 5.38. The standard InChI is InChI=1S/C18H17ClN2O5/c19-16-12-14(21(24)25)7-8-15(16)18(23)20-10-11-26-17(22)9-6-13-4-2-1-3-5-13/h1-5,7-8,12H,6,9-11H2,(H,20,23). The van der Waals surface area contributed by atoms with Gasteiger partial charge in [-0.1, -0.05) is 41.9 Å². The largest absolute Gasteiger partial charge is 0.464 e. The minimum absolute atomic E-state index is 0.0171. The van der Waals surface area contributed by atoms with Gasteiger partial charge >= 0.3 is 5.97 Å². The Kier molecular flexibility index (Phi) is 7.11. The van der Waals surface area contributed by atoms with Crippen molar-refractivity contribution in [3.8, 4) is 0 Å². The first kappa shape index (κ1) is 19.4. The first-order valence-electron chi connectivity index (χ1n) is 7.89. The molecule has 0 bridgehead atoms. The summed E-state index contributed by atoms with van der Waals surface area (Å²) in [4.78, 5) is 33.7. The number of hydrogen-bond donors (Lipinski definition) is 1. The Bertz CT molecular complexity index is 795. The maximum atomic E-state index is 12.0. The van der Waals surface area contributed by atoms with Crippen LogP contribution in [0.5, 0.6) is 0 Å². The first-order chi connectivity index (χ1) is 12.5. The molecule has 2 aromatic carbocycles. The number of carbonyl (C=O) groups is 2. The van der Waals surface area contributed by atoms with Crippen molar-refractivity contribution >= 4 is 29.2 Å². The highest BCUT2D eigenvalue weighted by atomic mass is 35.5. The number of hydrogen-bond acceptors (Lipinski definition) is 5. The maximum Gasteiger partial charge on any atom is 0.306 e. The molecule has 136 valence electrons. The number of nitrogens with zero attached hydrogens (tertiary/aromatic N) is 1. The summed E-state index contributed by atoms with van der Waals surface area (Å²) in [5, 5.41) is 13.2. The lowest BCUT2D eigenvalue weighted by Gasteiger charge is -2.08. The van der Waals surface area contributed by atoms with Gasteiger partial charge in [-0.25, -0.2) is 0 Å². The van der Waals surface area contributed by atoms with Crippen LogP contribution in [0.15, 0.2) is 48.5 Å². The molecule has 0 saturated carbocycles. The van der Waals surface area contributed by atoms with Crippen LogP contribution in [0.3, 0.4) is 0 Å². The lowest BCUT2D eigenvalue weighted by atomic mass is 10.1. The van der Waals surface area contributed by atoms with E-state index in [1.807, 2.05) is 30.3 Å². The maximum absolute atomic E-state index is 12.0. The second kappa shape index (κ2) is 9.53. The van der Waals surface area contributed by atoms with Crippen LogP contribution >= 0.6 is 11.6 Å². The number of aryl methyl sites for hydroxylation is 1. The van der Waals surface area contributed by atoms with Gasteiger partial charge < -0.3 is 10.1 Å².